The molecule has 0 fully saturated rings. The van der Waals surface area contributed by atoms with Gasteiger partial charge in [0.2, 0.25) is 0 Å². The van der Waals surface area contributed by atoms with Gasteiger partial charge in [0.25, 0.3) is 0 Å². The Morgan fingerprint density at radius 2 is 2.00 bits per heavy atom. The summed E-state index contributed by atoms with van der Waals surface area (Å²) in [5.74, 6) is 0. The number of anilines is 1. The molecule has 5 nitrogen and oxygen atoms in total. The minimum absolute atomic E-state index is 0.165. The number of para-hydroxylation sites is 1. The number of benzene rings is 1. The second kappa shape index (κ2) is 4.14. The summed E-state index contributed by atoms with van der Waals surface area (Å²) in [5, 5.41) is 13.2. The van der Waals surface area contributed by atoms with Gasteiger partial charge in [-0.3, -0.25) is 4.98 Å². The quantitative estimate of drug-likeness (QED) is 0.659. The van der Waals surface area contributed by atoms with Gasteiger partial charge in [-0.1, -0.05) is 18.2 Å². The molecule has 0 aliphatic carbocycles. The van der Waals surface area contributed by atoms with Crippen LogP contribution in [0.3, 0.4) is 0 Å². The number of quaternary nitrogens is 1. The summed E-state index contributed by atoms with van der Waals surface area (Å²) >= 11 is 0. The lowest BCUT2D eigenvalue weighted by molar-refractivity contribution is -0.824. The lowest BCUT2D eigenvalue weighted by atomic mass is 10.3. The van der Waals surface area contributed by atoms with E-state index in [0.29, 0.717) is 11.4 Å². The highest BCUT2D eigenvalue weighted by Gasteiger charge is 2.11. The first kappa shape index (κ1) is 10.8. The van der Waals surface area contributed by atoms with Crippen LogP contribution in [0, 0.1) is 5.21 Å². The van der Waals surface area contributed by atoms with Gasteiger partial charge in [-0.15, -0.1) is 0 Å². The van der Waals surface area contributed by atoms with Gasteiger partial charge in [0, 0.05) is 11.6 Å². The number of nitrogens with one attached hydrogen (secondary N) is 1. The summed E-state index contributed by atoms with van der Waals surface area (Å²) in [6, 6.07) is 11.2. The minimum Gasteiger partial charge on any atom is -0.602 e. The Morgan fingerprint density at radius 3 is 2.83 bits per heavy atom. The molecule has 2 heterocycles. The van der Waals surface area contributed by atoms with Crippen LogP contribution in [0.25, 0.3) is 10.9 Å². The Hall–Kier alpha value is -2.37. The van der Waals surface area contributed by atoms with Crippen LogP contribution in [0.15, 0.2) is 55.0 Å². The van der Waals surface area contributed by atoms with Crippen molar-refractivity contribution < 1.29 is 5.17 Å². The number of pyridine rings is 1. The molecule has 1 aromatic carbocycles. The number of nitrogen functional groups attached to an aromatic ring is 1. The summed E-state index contributed by atoms with van der Waals surface area (Å²) in [7, 11) is 0. The number of hydrogen-bond donors (Lipinski definition) is 2. The van der Waals surface area contributed by atoms with Gasteiger partial charge in [-0.2, -0.15) is 4.68 Å². The number of hydrogen-bond acceptors (Lipinski definition) is 3. The van der Waals surface area contributed by atoms with Crippen LogP contribution in [0.4, 0.5) is 11.4 Å². The van der Waals surface area contributed by atoms with E-state index in [1.54, 1.807) is 23.1 Å². The van der Waals surface area contributed by atoms with Crippen LogP contribution in [0.1, 0.15) is 0 Å². The van der Waals surface area contributed by atoms with Crippen LogP contribution in [0.5, 0.6) is 0 Å². The van der Waals surface area contributed by atoms with Gasteiger partial charge in [-0.05, 0) is 18.2 Å². The summed E-state index contributed by atoms with van der Waals surface area (Å²) < 4.78 is 1.59. The number of aromatic nitrogens is 2. The molecule has 5 heteroatoms. The van der Waals surface area contributed by atoms with Gasteiger partial charge in [0.15, 0.2) is 5.69 Å². The highest BCUT2D eigenvalue weighted by atomic mass is 16.5. The first-order chi connectivity index (χ1) is 8.77. The molecule has 1 unspecified atom stereocenters. The molecule has 2 aromatic heterocycles. The van der Waals surface area contributed by atoms with Crippen molar-refractivity contribution in [2.24, 2.45) is 0 Å². The summed E-state index contributed by atoms with van der Waals surface area (Å²) in [6.07, 6.45) is 4.81. The molecule has 0 radical (unpaired) electrons. The van der Waals surface area contributed by atoms with E-state index in [1.807, 2.05) is 30.3 Å². The van der Waals surface area contributed by atoms with Crippen molar-refractivity contribution in [2.45, 2.75) is 0 Å². The molecule has 0 bridgehead atoms. The molecule has 0 saturated heterocycles. The largest absolute Gasteiger partial charge is 0.602 e. The van der Waals surface area contributed by atoms with Crippen LogP contribution in [-0.4, -0.2) is 9.66 Å². The molecule has 0 spiro atoms. The molecule has 1 atom stereocenters. The molecular formula is C13H12N4O. The zero-order valence-electron chi connectivity index (χ0n) is 9.58. The van der Waals surface area contributed by atoms with Crippen molar-refractivity contribution in [3.63, 3.8) is 0 Å². The van der Waals surface area contributed by atoms with E-state index >= 15 is 0 Å². The van der Waals surface area contributed by atoms with E-state index in [2.05, 4.69) is 4.98 Å². The third-order valence-corrected chi connectivity index (χ3v) is 2.90. The zero-order valence-corrected chi connectivity index (χ0v) is 9.58. The Kier molecular flexibility index (Phi) is 2.47. The Bertz CT molecular complexity index is 692. The van der Waals surface area contributed by atoms with Gasteiger partial charge >= 0.3 is 0 Å². The highest BCUT2D eigenvalue weighted by molar-refractivity contribution is 5.79. The van der Waals surface area contributed by atoms with Crippen molar-refractivity contribution in [2.75, 3.05) is 5.73 Å². The lowest BCUT2D eigenvalue weighted by Crippen LogP contribution is -3.04. The van der Waals surface area contributed by atoms with Crippen molar-refractivity contribution in [3.8, 4) is 0 Å². The van der Waals surface area contributed by atoms with Gasteiger partial charge in [0.05, 0.1) is 18.1 Å². The first-order valence-electron chi connectivity index (χ1n) is 5.57. The fraction of sp³-hybridized carbons (Fsp3) is 0. The van der Waals surface area contributed by atoms with Crippen molar-refractivity contribution in [1.82, 2.24) is 9.66 Å². The molecule has 3 aromatic rings. The van der Waals surface area contributed by atoms with E-state index in [9.17, 15) is 5.21 Å². The maximum atomic E-state index is 12.4. The minimum atomic E-state index is -0.165. The number of rotatable bonds is 2. The number of nitrogens with zero attached hydrogens (tertiary/aromatic N) is 2. The molecule has 0 saturated carbocycles. The average Bonchev–Trinajstić information content (AvgIpc) is 2.82. The van der Waals surface area contributed by atoms with Crippen LogP contribution >= 0.6 is 0 Å². The summed E-state index contributed by atoms with van der Waals surface area (Å²) in [5.41, 5.74) is 7.52. The van der Waals surface area contributed by atoms with Crippen molar-refractivity contribution in [1.29, 1.82) is 0 Å². The monoisotopic (exact) mass is 240 g/mol. The molecule has 0 amide bonds. The van der Waals surface area contributed by atoms with Crippen molar-refractivity contribution in [3.05, 3.63) is 60.2 Å². The second-order valence-corrected chi connectivity index (χ2v) is 4.01. The molecular weight excluding hydrogens is 228 g/mol. The maximum Gasteiger partial charge on any atom is 0.197 e. The highest BCUT2D eigenvalue weighted by Crippen LogP contribution is 2.15. The third-order valence-electron chi connectivity index (χ3n) is 2.90. The zero-order chi connectivity index (χ0) is 12.5. The van der Waals surface area contributed by atoms with Crippen LogP contribution < -0.4 is 10.9 Å². The molecule has 3 rings (SSSR count). The first-order valence-corrected chi connectivity index (χ1v) is 5.57. The van der Waals surface area contributed by atoms with Gasteiger partial charge in [-0.25, -0.2) is 5.17 Å². The standard InChI is InChI=1S/C13H12N4O/c14-11-5-7-15-9-13(11)17(18)16-8-6-10-3-1-2-4-12(10)16/h1-9,17H,(H2,14,15). The van der Waals surface area contributed by atoms with E-state index in [4.69, 9.17) is 5.73 Å². The average molecular weight is 240 g/mol. The van der Waals surface area contributed by atoms with Crippen LogP contribution in [-0.2, 0) is 0 Å². The molecule has 3 N–H and O–H groups in total. The predicted octanol–water partition coefficient (Wildman–Crippen LogP) is 1.10. The van der Waals surface area contributed by atoms with Crippen LogP contribution in [0.2, 0.25) is 0 Å². The third kappa shape index (κ3) is 1.62. The van der Waals surface area contributed by atoms with Crippen molar-refractivity contribution >= 4 is 22.3 Å². The Labute approximate surface area is 104 Å². The Balaban J connectivity index is 2.13. The fourth-order valence-corrected chi connectivity index (χ4v) is 1.97. The van der Waals surface area contributed by atoms with E-state index in [1.165, 1.54) is 6.20 Å². The number of nitrogens with two attached hydrogens (primary N) is 1. The maximum absolute atomic E-state index is 12.4. The van der Waals surface area contributed by atoms with E-state index in [-0.39, 0.29) is 5.17 Å². The SMILES string of the molecule is Nc1ccncc1[NH+]([O-])n1ccc2ccccc21. The summed E-state index contributed by atoms with van der Waals surface area (Å²) in [6.45, 7) is 0. The van der Waals surface area contributed by atoms with Gasteiger partial charge in [0.1, 0.15) is 5.52 Å². The normalized spacial score (nSPS) is 12.7. The molecule has 0 aliphatic rings. The smallest absolute Gasteiger partial charge is 0.197 e. The molecule has 18 heavy (non-hydrogen) atoms. The summed E-state index contributed by atoms with van der Waals surface area (Å²) in [4.78, 5) is 3.94. The second-order valence-electron chi connectivity index (χ2n) is 4.01. The Morgan fingerprint density at radius 1 is 1.17 bits per heavy atom. The lowest BCUT2D eigenvalue weighted by Gasteiger charge is -2.23. The number of fused-ring (bicyclic) bond motifs is 1. The van der Waals surface area contributed by atoms with E-state index < -0.39 is 0 Å². The predicted molar refractivity (Wildman–Crippen MR) is 70.0 cm³/mol. The molecule has 0 aliphatic heterocycles. The fourth-order valence-electron chi connectivity index (χ4n) is 1.97. The van der Waals surface area contributed by atoms with E-state index in [0.717, 1.165) is 10.9 Å². The molecule has 90 valence electrons. The topological polar surface area (TPSA) is 71.3 Å². The van der Waals surface area contributed by atoms with Gasteiger partial charge < -0.3 is 10.9 Å².